The van der Waals surface area contributed by atoms with Gasteiger partial charge in [0, 0.05) is 6.07 Å². The molecule has 0 spiro atoms. The van der Waals surface area contributed by atoms with Crippen molar-refractivity contribution in [2.45, 2.75) is 32.9 Å². The topological polar surface area (TPSA) is 87.4 Å². The standard InChI is InChI=1S/C10H17N3O3/c1-3-8(6-14)12-10(15)11-5-9-4-7(2)16-13-9/h4,8,14H,3,5-6H2,1-2H3,(H2,11,12,15)/t8-/m0/s1. The van der Waals surface area contributed by atoms with Gasteiger partial charge in [0.1, 0.15) is 11.5 Å². The average molecular weight is 227 g/mol. The van der Waals surface area contributed by atoms with Crippen LogP contribution in [0.2, 0.25) is 0 Å². The lowest BCUT2D eigenvalue weighted by Crippen LogP contribution is -2.43. The molecule has 1 atom stereocenters. The number of aromatic nitrogens is 1. The van der Waals surface area contributed by atoms with E-state index in [1.807, 2.05) is 6.92 Å². The molecular formula is C10H17N3O3. The van der Waals surface area contributed by atoms with Crippen molar-refractivity contribution >= 4 is 6.03 Å². The van der Waals surface area contributed by atoms with Crippen molar-refractivity contribution in [3.63, 3.8) is 0 Å². The number of aliphatic hydroxyl groups excluding tert-OH is 1. The molecule has 0 saturated heterocycles. The maximum absolute atomic E-state index is 11.4. The summed E-state index contributed by atoms with van der Waals surface area (Å²) in [4.78, 5) is 11.4. The summed E-state index contributed by atoms with van der Waals surface area (Å²) in [5.41, 5.74) is 0.671. The number of hydrogen-bond donors (Lipinski definition) is 3. The van der Waals surface area contributed by atoms with Crippen molar-refractivity contribution in [1.29, 1.82) is 0 Å². The van der Waals surface area contributed by atoms with Crippen molar-refractivity contribution in [2.75, 3.05) is 6.61 Å². The number of aliphatic hydroxyl groups is 1. The molecule has 1 heterocycles. The van der Waals surface area contributed by atoms with Crippen LogP contribution in [0.3, 0.4) is 0 Å². The highest BCUT2D eigenvalue weighted by atomic mass is 16.5. The number of carbonyl (C=O) groups excluding carboxylic acids is 1. The Labute approximate surface area is 94.0 Å². The predicted octanol–water partition coefficient (Wildman–Crippen LogP) is 0.553. The minimum absolute atomic E-state index is 0.0625. The minimum atomic E-state index is -0.318. The van der Waals surface area contributed by atoms with Crippen LogP contribution in [0.25, 0.3) is 0 Å². The van der Waals surface area contributed by atoms with E-state index < -0.39 is 0 Å². The maximum atomic E-state index is 11.4. The molecule has 0 aliphatic carbocycles. The summed E-state index contributed by atoms with van der Waals surface area (Å²) in [7, 11) is 0. The Hall–Kier alpha value is -1.56. The van der Waals surface area contributed by atoms with Gasteiger partial charge < -0.3 is 20.3 Å². The van der Waals surface area contributed by atoms with Crippen LogP contribution in [0.5, 0.6) is 0 Å². The Morgan fingerprint density at radius 2 is 2.44 bits per heavy atom. The van der Waals surface area contributed by atoms with Gasteiger partial charge in [-0.25, -0.2) is 4.79 Å². The zero-order valence-electron chi connectivity index (χ0n) is 9.49. The first-order valence-corrected chi connectivity index (χ1v) is 5.23. The number of rotatable bonds is 5. The van der Waals surface area contributed by atoms with E-state index >= 15 is 0 Å². The molecule has 0 unspecified atom stereocenters. The lowest BCUT2D eigenvalue weighted by Gasteiger charge is -2.13. The van der Waals surface area contributed by atoms with Gasteiger partial charge in [-0.05, 0) is 13.3 Å². The second kappa shape index (κ2) is 6.12. The summed E-state index contributed by atoms with van der Waals surface area (Å²) in [5.74, 6) is 0.707. The summed E-state index contributed by atoms with van der Waals surface area (Å²) in [5, 5.41) is 17.9. The quantitative estimate of drug-likeness (QED) is 0.685. The highest BCUT2D eigenvalue weighted by Gasteiger charge is 2.09. The van der Waals surface area contributed by atoms with Crippen LogP contribution in [-0.4, -0.2) is 28.9 Å². The third-order valence-corrected chi connectivity index (χ3v) is 2.16. The molecule has 1 aromatic heterocycles. The molecule has 0 bridgehead atoms. The predicted molar refractivity (Wildman–Crippen MR) is 57.8 cm³/mol. The Kier molecular flexibility index (Phi) is 4.78. The third-order valence-electron chi connectivity index (χ3n) is 2.16. The number of amides is 2. The Morgan fingerprint density at radius 1 is 1.69 bits per heavy atom. The van der Waals surface area contributed by atoms with Gasteiger partial charge in [-0.15, -0.1) is 0 Å². The Bertz CT molecular complexity index is 334. The fourth-order valence-corrected chi connectivity index (χ4v) is 1.19. The highest BCUT2D eigenvalue weighted by molar-refractivity contribution is 5.74. The van der Waals surface area contributed by atoms with E-state index in [0.717, 1.165) is 0 Å². The number of nitrogens with one attached hydrogen (secondary N) is 2. The number of hydrogen-bond acceptors (Lipinski definition) is 4. The van der Waals surface area contributed by atoms with Gasteiger partial charge in [0.25, 0.3) is 0 Å². The summed E-state index contributed by atoms with van der Waals surface area (Å²) in [6, 6.07) is 1.23. The zero-order chi connectivity index (χ0) is 12.0. The van der Waals surface area contributed by atoms with Crippen LogP contribution in [0.4, 0.5) is 4.79 Å². The molecule has 16 heavy (non-hydrogen) atoms. The van der Waals surface area contributed by atoms with Crippen molar-refractivity contribution in [3.8, 4) is 0 Å². The highest BCUT2D eigenvalue weighted by Crippen LogP contribution is 2.00. The summed E-state index contributed by atoms with van der Waals surface area (Å²) in [6.07, 6.45) is 0.687. The number of aryl methyl sites for hydroxylation is 1. The Morgan fingerprint density at radius 3 is 2.94 bits per heavy atom. The first-order valence-electron chi connectivity index (χ1n) is 5.23. The van der Waals surface area contributed by atoms with Crippen LogP contribution in [0.15, 0.2) is 10.6 Å². The summed E-state index contributed by atoms with van der Waals surface area (Å²) >= 11 is 0. The smallest absolute Gasteiger partial charge is 0.315 e. The van der Waals surface area contributed by atoms with Gasteiger partial charge in [-0.3, -0.25) is 0 Å². The van der Waals surface area contributed by atoms with Gasteiger partial charge in [0.05, 0.1) is 19.2 Å². The van der Waals surface area contributed by atoms with Crippen molar-refractivity contribution in [2.24, 2.45) is 0 Å². The molecule has 1 rings (SSSR count). The molecule has 0 aromatic carbocycles. The SMILES string of the molecule is CC[C@@H](CO)NC(=O)NCc1cc(C)on1. The fourth-order valence-electron chi connectivity index (χ4n) is 1.19. The lowest BCUT2D eigenvalue weighted by atomic mass is 10.2. The molecule has 0 fully saturated rings. The largest absolute Gasteiger partial charge is 0.394 e. The molecule has 1 aromatic rings. The van der Waals surface area contributed by atoms with E-state index in [-0.39, 0.29) is 18.7 Å². The fraction of sp³-hybridized carbons (Fsp3) is 0.600. The second-order valence-corrected chi connectivity index (χ2v) is 3.54. The summed E-state index contributed by atoms with van der Waals surface area (Å²) in [6.45, 7) is 3.93. The summed E-state index contributed by atoms with van der Waals surface area (Å²) < 4.78 is 4.86. The normalized spacial score (nSPS) is 12.2. The van der Waals surface area contributed by atoms with Gasteiger partial charge in [-0.1, -0.05) is 12.1 Å². The maximum Gasteiger partial charge on any atom is 0.315 e. The van der Waals surface area contributed by atoms with Crippen molar-refractivity contribution < 1.29 is 14.4 Å². The van der Waals surface area contributed by atoms with E-state index in [1.165, 1.54) is 0 Å². The van der Waals surface area contributed by atoms with Gasteiger partial charge in [0.2, 0.25) is 0 Å². The second-order valence-electron chi connectivity index (χ2n) is 3.54. The first kappa shape index (κ1) is 12.5. The van der Waals surface area contributed by atoms with E-state index in [9.17, 15) is 4.79 Å². The molecule has 6 nitrogen and oxygen atoms in total. The molecule has 0 aliphatic heterocycles. The number of urea groups is 1. The van der Waals surface area contributed by atoms with Crippen molar-refractivity contribution in [3.05, 3.63) is 17.5 Å². The zero-order valence-corrected chi connectivity index (χ0v) is 9.49. The molecule has 90 valence electrons. The van der Waals surface area contributed by atoms with Gasteiger partial charge >= 0.3 is 6.03 Å². The molecule has 6 heteroatoms. The van der Waals surface area contributed by atoms with Crippen LogP contribution in [0.1, 0.15) is 24.8 Å². The average Bonchev–Trinajstić information content (AvgIpc) is 2.69. The van der Waals surface area contributed by atoms with Crippen LogP contribution in [-0.2, 0) is 6.54 Å². The number of carbonyl (C=O) groups is 1. The van der Waals surface area contributed by atoms with Gasteiger partial charge in [-0.2, -0.15) is 0 Å². The molecule has 3 N–H and O–H groups in total. The van der Waals surface area contributed by atoms with E-state index in [4.69, 9.17) is 9.63 Å². The molecule has 0 radical (unpaired) electrons. The minimum Gasteiger partial charge on any atom is -0.394 e. The molecule has 2 amide bonds. The van der Waals surface area contributed by atoms with E-state index in [0.29, 0.717) is 24.4 Å². The first-order chi connectivity index (χ1) is 7.65. The Balaban J connectivity index is 2.30. The number of nitrogens with zero attached hydrogens (tertiary/aromatic N) is 1. The molecular weight excluding hydrogens is 210 g/mol. The van der Waals surface area contributed by atoms with Crippen LogP contribution in [0, 0.1) is 6.92 Å². The van der Waals surface area contributed by atoms with Crippen LogP contribution < -0.4 is 10.6 Å². The monoisotopic (exact) mass is 227 g/mol. The molecule has 0 saturated carbocycles. The van der Waals surface area contributed by atoms with Gasteiger partial charge in [0.15, 0.2) is 0 Å². The van der Waals surface area contributed by atoms with Crippen molar-refractivity contribution in [1.82, 2.24) is 15.8 Å². The molecule has 0 aliphatic rings. The lowest BCUT2D eigenvalue weighted by molar-refractivity contribution is 0.214. The van der Waals surface area contributed by atoms with E-state index in [1.54, 1.807) is 13.0 Å². The van der Waals surface area contributed by atoms with E-state index in [2.05, 4.69) is 15.8 Å². The van der Waals surface area contributed by atoms with Crippen LogP contribution >= 0.6 is 0 Å². The third kappa shape index (κ3) is 3.90.